The number of methoxy groups -OCH3 is 5. The van der Waals surface area contributed by atoms with E-state index < -0.39 is 12.2 Å². The van der Waals surface area contributed by atoms with Gasteiger partial charge in [0.1, 0.15) is 13.1 Å². The summed E-state index contributed by atoms with van der Waals surface area (Å²) in [5, 5.41) is 0. The molecule has 1 heterocycles. The molecule has 0 bridgehead atoms. The van der Waals surface area contributed by atoms with E-state index in [2.05, 4.69) is 0 Å². The molecule has 2 aromatic carbocycles. The summed E-state index contributed by atoms with van der Waals surface area (Å²) in [6.45, 7) is 0.254. The maximum atomic E-state index is 11.4. The highest BCUT2D eigenvalue weighted by atomic mass is 16.7. The summed E-state index contributed by atoms with van der Waals surface area (Å²) >= 11 is 0. The number of hydrogen-bond acceptors (Lipinski definition) is 10. The Balaban J connectivity index is 2.05. The van der Waals surface area contributed by atoms with Gasteiger partial charge in [0, 0.05) is 25.3 Å². The van der Waals surface area contributed by atoms with Crippen molar-refractivity contribution in [3.8, 4) is 34.5 Å². The number of carbonyl (C=O) groups is 1. The third-order valence-electron chi connectivity index (χ3n) is 4.88. The van der Waals surface area contributed by atoms with Crippen molar-refractivity contribution in [3.63, 3.8) is 0 Å². The van der Waals surface area contributed by atoms with Crippen LogP contribution in [0.1, 0.15) is 22.0 Å². The molecular weight excluding hydrogens is 436 g/mol. The van der Waals surface area contributed by atoms with Crippen molar-refractivity contribution < 1.29 is 47.4 Å². The quantitative estimate of drug-likeness (QED) is 0.265. The molecule has 0 amide bonds. The molecule has 33 heavy (non-hydrogen) atoms. The third-order valence-corrected chi connectivity index (χ3v) is 4.88. The summed E-state index contributed by atoms with van der Waals surface area (Å²) in [5.74, 6) is 2.35. The van der Waals surface area contributed by atoms with Gasteiger partial charge in [-0.1, -0.05) is 0 Å². The molecule has 2 aromatic rings. The van der Waals surface area contributed by atoms with Crippen LogP contribution >= 0.6 is 0 Å². The lowest BCUT2D eigenvalue weighted by molar-refractivity contribution is -0.0874. The van der Waals surface area contributed by atoms with E-state index in [9.17, 15) is 4.79 Å². The molecule has 0 saturated carbocycles. The highest BCUT2D eigenvalue weighted by Gasteiger charge is 2.36. The number of rotatable bonds is 12. The van der Waals surface area contributed by atoms with E-state index in [1.165, 1.54) is 35.5 Å². The molecule has 0 aromatic heterocycles. The SMILES string of the molecule is COCOC[C@@H]1Oc2c(OC)cc(C=O)cc2O[C@H]1c1cc(OC)c(OCOC)c(OC)c1. The van der Waals surface area contributed by atoms with Crippen molar-refractivity contribution in [1.82, 2.24) is 0 Å². The van der Waals surface area contributed by atoms with Crippen LogP contribution < -0.4 is 28.4 Å². The van der Waals surface area contributed by atoms with E-state index in [4.69, 9.17) is 42.6 Å². The van der Waals surface area contributed by atoms with E-state index in [-0.39, 0.29) is 20.2 Å². The Bertz CT molecular complexity index is 920. The van der Waals surface area contributed by atoms with Gasteiger partial charge in [-0.25, -0.2) is 0 Å². The van der Waals surface area contributed by atoms with E-state index in [1.54, 1.807) is 24.3 Å². The molecule has 10 heteroatoms. The van der Waals surface area contributed by atoms with Gasteiger partial charge in [-0.2, -0.15) is 0 Å². The van der Waals surface area contributed by atoms with E-state index in [1.807, 2.05) is 0 Å². The molecule has 0 unspecified atom stereocenters. The average molecular weight is 464 g/mol. The zero-order valence-electron chi connectivity index (χ0n) is 19.2. The molecule has 0 spiro atoms. The van der Waals surface area contributed by atoms with E-state index in [0.29, 0.717) is 51.9 Å². The number of fused-ring (bicyclic) bond motifs is 1. The Morgan fingerprint density at radius 3 is 2.09 bits per heavy atom. The van der Waals surface area contributed by atoms with Crippen LogP contribution in [0, 0.1) is 0 Å². The third kappa shape index (κ3) is 5.41. The predicted molar refractivity (Wildman–Crippen MR) is 116 cm³/mol. The molecule has 1 aliphatic rings. The van der Waals surface area contributed by atoms with Crippen molar-refractivity contribution >= 4 is 6.29 Å². The van der Waals surface area contributed by atoms with E-state index in [0.717, 1.165) is 0 Å². The van der Waals surface area contributed by atoms with Crippen LogP contribution in [0.2, 0.25) is 0 Å². The second-order valence-corrected chi connectivity index (χ2v) is 6.95. The number of carbonyl (C=O) groups excluding carboxylic acids is 1. The average Bonchev–Trinajstić information content (AvgIpc) is 2.85. The molecule has 0 radical (unpaired) electrons. The first-order valence-corrected chi connectivity index (χ1v) is 10.0. The summed E-state index contributed by atoms with van der Waals surface area (Å²) < 4.78 is 50.2. The maximum absolute atomic E-state index is 11.4. The van der Waals surface area contributed by atoms with Crippen molar-refractivity contribution in [2.45, 2.75) is 12.2 Å². The molecule has 0 saturated heterocycles. The fraction of sp³-hybridized carbons (Fsp3) is 0.435. The van der Waals surface area contributed by atoms with Gasteiger partial charge in [-0.3, -0.25) is 4.79 Å². The standard InChI is InChI=1S/C23H28O10/c1-25-12-30-11-20-21(32-19-7-14(10-24)6-16(27-3)23(19)33-20)15-8-17(28-4)22(31-13-26-2)18(9-15)29-5/h6-10,20-21H,11-13H2,1-5H3/t20-,21-/m0/s1. The number of ether oxygens (including phenoxy) is 9. The Hall–Kier alpha value is -3.21. The second kappa shape index (κ2) is 11.6. The van der Waals surface area contributed by atoms with Gasteiger partial charge in [-0.15, -0.1) is 0 Å². The molecule has 0 N–H and O–H groups in total. The molecule has 10 nitrogen and oxygen atoms in total. The van der Waals surface area contributed by atoms with Gasteiger partial charge in [-0.05, 0) is 24.3 Å². The Kier molecular flexibility index (Phi) is 8.58. The minimum absolute atomic E-state index is 0.0181. The highest BCUT2D eigenvalue weighted by molar-refractivity contribution is 5.78. The van der Waals surface area contributed by atoms with Crippen LogP contribution in [0.4, 0.5) is 0 Å². The zero-order chi connectivity index (χ0) is 23.8. The molecule has 0 fully saturated rings. The molecule has 1 aliphatic heterocycles. The molecular formula is C23H28O10. The Morgan fingerprint density at radius 2 is 1.52 bits per heavy atom. The first kappa shape index (κ1) is 24.4. The minimum atomic E-state index is -0.639. The number of benzene rings is 2. The lowest BCUT2D eigenvalue weighted by Crippen LogP contribution is -2.37. The molecule has 3 rings (SSSR count). The lowest BCUT2D eigenvalue weighted by Gasteiger charge is -2.35. The van der Waals surface area contributed by atoms with Gasteiger partial charge in [0.05, 0.1) is 27.9 Å². The van der Waals surface area contributed by atoms with Crippen molar-refractivity contribution in [2.75, 3.05) is 55.7 Å². The zero-order valence-corrected chi connectivity index (χ0v) is 19.2. The number of hydrogen-bond donors (Lipinski definition) is 0. The van der Waals surface area contributed by atoms with Gasteiger partial charge >= 0.3 is 0 Å². The highest BCUT2D eigenvalue weighted by Crippen LogP contribution is 2.48. The molecule has 180 valence electrons. The normalized spacial score (nSPS) is 16.8. The fourth-order valence-corrected chi connectivity index (χ4v) is 3.42. The predicted octanol–water partition coefficient (Wildman–Crippen LogP) is 3.01. The number of aldehydes is 1. The van der Waals surface area contributed by atoms with Crippen LogP contribution in [0.25, 0.3) is 0 Å². The first-order chi connectivity index (χ1) is 16.1. The van der Waals surface area contributed by atoms with E-state index >= 15 is 0 Å². The Morgan fingerprint density at radius 1 is 0.848 bits per heavy atom. The van der Waals surface area contributed by atoms with Crippen molar-refractivity contribution in [3.05, 3.63) is 35.4 Å². The monoisotopic (exact) mass is 464 g/mol. The van der Waals surface area contributed by atoms with Crippen LogP contribution in [0.5, 0.6) is 34.5 Å². The topological polar surface area (TPSA) is 100 Å². The van der Waals surface area contributed by atoms with Crippen LogP contribution in [0.15, 0.2) is 24.3 Å². The smallest absolute Gasteiger partial charge is 0.206 e. The van der Waals surface area contributed by atoms with Gasteiger partial charge < -0.3 is 42.6 Å². The summed E-state index contributed by atoms with van der Waals surface area (Å²) in [5.41, 5.74) is 1.07. The van der Waals surface area contributed by atoms with Crippen molar-refractivity contribution in [1.29, 1.82) is 0 Å². The lowest BCUT2D eigenvalue weighted by atomic mass is 10.0. The minimum Gasteiger partial charge on any atom is -0.493 e. The van der Waals surface area contributed by atoms with Gasteiger partial charge in [0.25, 0.3) is 0 Å². The fourth-order valence-electron chi connectivity index (χ4n) is 3.42. The largest absolute Gasteiger partial charge is 0.493 e. The van der Waals surface area contributed by atoms with Crippen LogP contribution in [-0.4, -0.2) is 68.1 Å². The molecule has 2 atom stereocenters. The van der Waals surface area contributed by atoms with Crippen molar-refractivity contribution in [2.24, 2.45) is 0 Å². The summed E-state index contributed by atoms with van der Waals surface area (Å²) in [6.07, 6.45) is -0.507. The summed E-state index contributed by atoms with van der Waals surface area (Å²) in [6, 6.07) is 6.69. The Labute approximate surface area is 192 Å². The van der Waals surface area contributed by atoms with Gasteiger partial charge in [0.15, 0.2) is 42.0 Å². The van der Waals surface area contributed by atoms with Gasteiger partial charge in [0.2, 0.25) is 11.5 Å². The maximum Gasteiger partial charge on any atom is 0.206 e. The second-order valence-electron chi connectivity index (χ2n) is 6.95. The first-order valence-electron chi connectivity index (χ1n) is 10.0. The molecule has 0 aliphatic carbocycles. The van der Waals surface area contributed by atoms with Crippen LogP contribution in [0.3, 0.4) is 0 Å². The van der Waals surface area contributed by atoms with Crippen LogP contribution in [-0.2, 0) is 14.2 Å². The summed E-state index contributed by atoms with van der Waals surface area (Å²) in [4.78, 5) is 11.4. The summed E-state index contributed by atoms with van der Waals surface area (Å²) in [7, 11) is 7.58.